The van der Waals surface area contributed by atoms with E-state index in [-0.39, 0.29) is 24.6 Å². The van der Waals surface area contributed by atoms with Crippen LogP contribution < -0.4 is 14.8 Å². The Hall–Kier alpha value is -3.26. The number of esters is 1. The molecule has 0 spiro atoms. The third-order valence-electron chi connectivity index (χ3n) is 6.79. The lowest BCUT2D eigenvalue weighted by atomic mass is 9.78. The molecule has 0 saturated carbocycles. The van der Waals surface area contributed by atoms with Crippen molar-refractivity contribution in [2.45, 2.75) is 57.2 Å². The van der Waals surface area contributed by atoms with E-state index >= 15 is 0 Å². The van der Waals surface area contributed by atoms with Crippen LogP contribution in [-0.2, 0) is 20.7 Å². The van der Waals surface area contributed by atoms with Gasteiger partial charge in [-0.25, -0.2) is 9.59 Å². The maximum atomic E-state index is 12.8. The number of hydrogen-bond acceptors (Lipinski definition) is 7. The number of nitrogens with zero attached hydrogens (tertiary/aromatic N) is 1. The molecule has 0 aliphatic carbocycles. The van der Waals surface area contributed by atoms with Crippen molar-refractivity contribution in [3.8, 4) is 11.5 Å². The fourth-order valence-electron chi connectivity index (χ4n) is 5.16. The molecule has 3 atom stereocenters. The predicted molar refractivity (Wildman–Crippen MR) is 135 cm³/mol. The standard InChI is InChI=1S/C28H36N2O6/c1-28(2,3)36-27(32)29-22-15-23-20-14-24(33-4)25(35-17-26(31)34-5)13-19(20)11-12-30(23)16-21(22)18-9-7-6-8-10-18/h6-10,13-14,21-23H,11-12,15-17H2,1-5H3,(H,29,32)/t21-,22+,23+/m0/s1. The zero-order chi connectivity index (χ0) is 25.9. The highest BCUT2D eigenvalue weighted by atomic mass is 16.6. The molecular weight excluding hydrogens is 460 g/mol. The van der Waals surface area contributed by atoms with Crippen LogP contribution in [-0.4, -0.2) is 62.5 Å². The molecule has 2 aromatic carbocycles. The minimum atomic E-state index is -0.571. The lowest BCUT2D eigenvalue weighted by molar-refractivity contribution is -0.142. The van der Waals surface area contributed by atoms with Crippen LogP contribution in [0.15, 0.2) is 42.5 Å². The van der Waals surface area contributed by atoms with Gasteiger partial charge in [-0.15, -0.1) is 0 Å². The van der Waals surface area contributed by atoms with Crippen molar-refractivity contribution in [3.05, 3.63) is 59.2 Å². The molecule has 2 aliphatic rings. The second-order valence-corrected chi connectivity index (χ2v) is 10.3. The number of nitrogens with one attached hydrogen (secondary N) is 1. The van der Waals surface area contributed by atoms with E-state index in [1.807, 2.05) is 51.1 Å². The zero-order valence-corrected chi connectivity index (χ0v) is 21.7. The van der Waals surface area contributed by atoms with Gasteiger partial charge in [0, 0.05) is 31.1 Å². The number of hydrogen-bond donors (Lipinski definition) is 1. The minimum Gasteiger partial charge on any atom is -0.493 e. The van der Waals surface area contributed by atoms with Gasteiger partial charge in [0.2, 0.25) is 0 Å². The summed E-state index contributed by atoms with van der Waals surface area (Å²) in [5, 5.41) is 3.17. The number of fused-ring (bicyclic) bond motifs is 3. The third kappa shape index (κ3) is 5.93. The number of methoxy groups -OCH3 is 2. The molecule has 2 heterocycles. The molecule has 2 aliphatic heterocycles. The number of benzene rings is 2. The van der Waals surface area contributed by atoms with Crippen molar-refractivity contribution in [2.24, 2.45) is 0 Å². The molecule has 0 radical (unpaired) electrons. The number of ether oxygens (including phenoxy) is 4. The van der Waals surface area contributed by atoms with Gasteiger partial charge in [0.15, 0.2) is 18.1 Å². The van der Waals surface area contributed by atoms with E-state index in [1.165, 1.54) is 12.7 Å². The van der Waals surface area contributed by atoms with Gasteiger partial charge >= 0.3 is 12.1 Å². The summed E-state index contributed by atoms with van der Waals surface area (Å²) in [5.74, 6) is 0.787. The molecule has 1 saturated heterocycles. The van der Waals surface area contributed by atoms with Crippen LogP contribution >= 0.6 is 0 Å². The number of rotatable bonds is 6. The van der Waals surface area contributed by atoms with Gasteiger partial charge in [-0.1, -0.05) is 30.3 Å². The first-order valence-electron chi connectivity index (χ1n) is 12.4. The number of carbonyl (C=O) groups is 2. The smallest absolute Gasteiger partial charge is 0.407 e. The fraction of sp³-hybridized carbons (Fsp3) is 0.500. The first-order chi connectivity index (χ1) is 17.2. The summed E-state index contributed by atoms with van der Waals surface area (Å²) in [7, 11) is 2.92. The molecule has 8 heteroatoms. The Morgan fingerprint density at radius 3 is 2.50 bits per heavy atom. The topological polar surface area (TPSA) is 86.3 Å². The Morgan fingerprint density at radius 2 is 1.83 bits per heavy atom. The van der Waals surface area contributed by atoms with Crippen LogP contribution in [0.5, 0.6) is 11.5 Å². The average Bonchev–Trinajstić information content (AvgIpc) is 2.85. The SMILES string of the molecule is COC(=O)COc1cc2c(cc1OC)[C@H]1C[C@@H](NC(=O)OC(C)(C)C)[C@H](c3ccccc3)CN1CC2. The highest BCUT2D eigenvalue weighted by molar-refractivity contribution is 5.71. The first-order valence-corrected chi connectivity index (χ1v) is 12.4. The van der Waals surface area contributed by atoms with Crippen LogP contribution in [0, 0.1) is 0 Å². The van der Waals surface area contributed by atoms with E-state index in [0.29, 0.717) is 11.5 Å². The van der Waals surface area contributed by atoms with Crippen LogP contribution in [0.3, 0.4) is 0 Å². The molecule has 36 heavy (non-hydrogen) atoms. The summed E-state index contributed by atoms with van der Waals surface area (Å²) in [6, 6.07) is 14.3. The molecule has 8 nitrogen and oxygen atoms in total. The van der Waals surface area contributed by atoms with Crippen molar-refractivity contribution in [1.29, 1.82) is 0 Å². The van der Waals surface area contributed by atoms with E-state index in [4.69, 9.17) is 18.9 Å². The highest BCUT2D eigenvalue weighted by Crippen LogP contribution is 2.44. The summed E-state index contributed by atoms with van der Waals surface area (Å²) in [5.41, 5.74) is 2.95. The van der Waals surface area contributed by atoms with Crippen LogP contribution in [0.1, 0.15) is 55.8 Å². The van der Waals surface area contributed by atoms with Gasteiger partial charge in [0.05, 0.1) is 14.2 Å². The summed E-state index contributed by atoms with van der Waals surface area (Å²) in [6.45, 7) is 7.14. The second kappa shape index (κ2) is 10.8. The van der Waals surface area contributed by atoms with Gasteiger partial charge in [0.25, 0.3) is 0 Å². The quantitative estimate of drug-likeness (QED) is 0.599. The van der Waals surface area contributed by atoms with E-state index < -0.39 is 17.7 Å². The Balaban J connectivity index is 1.62. The fourth-order valence-corrected chi connectivity index (χ4v) is 5.16. The summed E-state index contributed by atoms with van der Waals surface area (Å²) >= 11 is 0. The zero-order valence-electron chi connectivity index (χ0n) is 21.7. The average molecular weight is 497 g/mol. The maximum absolute atomic E-state index is 12.8. The van der Waals surface area contributed by atoms with Gasteiger partial charge < -0.3 is 24.3 Å². The number of piperidine rings is 1. The number of amides is 1. The molecule has 0 bridgehead atoms. The molecule has 0 unspecified atom stereocenters. The van der Waals surface area contributed by atoms with Gasteiger partial charge in [0.1, 0.15) is 5.60 Å². The van der Waals surface area contributed by atoms with E-state index in [0.717, 1.165) is 37.1 Å². The Bertz CT molecular complexity index is 1080. The van der Waals surface area contributed by atoms with Crippen molar-refractivity contribution in [1.82, 2.24) is 10.2 Å². The van der Waals surface area contributed by atoms with Crippen molar-refractivity contribution >= 4 is 12.1 Å². The monoisotopic (exact) mass is 496 g/mol. The van der Waals surface area contributed by atoms with Crippen LogP contribution in [0.2, 0.25) is 0 Å². The Morgan fingerprint density at radius 1 is 1.08 bits per heavy atom. The van der Waals surface area contributed by atoms with E-state index in [2.05, 4.69) is 22.3 Å². The maximum Gasteiger partial charge on any atom is 0.407 e. The molecule has 1 N–H and O–H groups in total. The largest absolute Gasteiger partial charge is 0.493 e. The molecule has 1 fully saturated rings. The summed E-state index contributed by atoms with van der Waals surface area (Å²) < 4.78 is 21.6. The summed E-state index contributed by atoms with van der Waals surface area (Å²) in [4.78, 5) is 26.9. The highest BCUT2D eigenvalue weighted by Gasteiger charge is 2.41. The first kappa shape index (κ1) is 25.8. The minimum absolute atomic E-state index is 0.101. The molecular formula is C28H36N2O6. The number of alkyl carbamates (subject to hydrolysis) is 1. The van der Waals surface area contributed by atoms with Crippen LogP contribution in [0.4, 0.5) is 4.79 Å². The number of carbonyl (C=O) groups excluding carboxylic acids is 2. The molecule has 194 valence electrons. The van der Waals surface area contributed by atoms with Crippen LogP contribution in [0.25, 0.3) is 0 Å². The van der Waals surface area contributed by atoms with Gasteiger partial charge in [-0.05, 0) is 62.4 Å². The van der Waals surface area contributed by atoms with Gasteiger partial charge in [-0.2, -0.15) is 0 Å². The van der Waals surface area contributed by atoms with Crippen molar-refractivity contribution < 1.29 is 28.5 Å². The Labute approximate surface area is 212 Å². The van der Waals surface area contributed by atoms with E-state index in [9.17, 15) is 9.59 Å². The summed E-state index contributed by atoms with van der Waals surface area (Å²) in [6.07, 6.45) is 1.19. The van der Waals surface area contributed by atoms with Crippen molar-refractivity contribution in [2.75, 3.05) is 33.9 Å². The second-order valence-electron chi connectivity index (χ2n) is 10.3. The lowest BCUT2D eigenvalue weighted by Crippen LogP contribution is -2.53. The van der Waals surface area contributed by atoms with Crippen molar-refractivity contribution in [3.63, 3.8) is 0 Å². The lowest BCUT2D eigenvalue weighted by Gasteiger charge is -2.47. The third-order valence-corrected chi connectivity index (χ3v) is 6.79. The molecule has 4 rings (SSSR count). The normalized spacial score (nSPS) is 21.5. The van der Waals surface area contributed by atoms with E-state index in [1.54, 1.807) is 7.11 Å². The molecule has 0 aromatic heterocycles. The Kier molecular flexibility index (Phi) is 7.73. The molecule has 2 aromatic rings. The predicted octanol–water partition coefficient (Wildman–Crippen LogP) is 4.23. The molecule has 1 amide bonds. The van der Waals surface area contributed by atoms with Gasteiger partial charge in [-0.3, -0.25) is 4.90 Å².